The van der Waals surface area contributed by atoms with Gasteiger partial charge in [-0.2, -0.15) is 0 Å². The molecule has 0 aliphatic carbocycles. The number of rotatable bonds is 9. The van der Waals surface area contributed by atoms with E-state index in [1.54, 1.807) is 7.11 Å². The van der Waals surface area contributed by atoms with Crippen LogP contribution in [0.1, 0.15) is 53.0 Å². The van der Waals surface area contributed by atoms with Crippen molar-refractivity contribution in [3.8, 4) is 11.5 Å². The molecule has 23 heavy (non-hydrogen) atoms. The van der Waals surface area contributed by atoms with Crippen LogP contribution in [0.15, 0.2) is 18.2 Å². The highest BCUT2D eigenvalue weighted by molar-refractivity contribution is 5.44. The normalized spacial score (nSPS) is 13.2. The lowest BCUT2D eigenvalue weighted by atomic mass is 9.86. The molecule has 4 nitrogen and oxygen atoms in total. The van der Waals surface area contributed by atoms with Gasteiger partial charge in [0, 0.05) is 5.56 Å². The van der Waals surface area contributed by atoms with Crippen LogP contribution in [0.3, 0.4) is 0 Å². The van der Waals surface area contributed by atoms with Crippen LogP contribution in [0, 0.1) is 0 Å². The highest BCUT2D eigenvalue weighted by Crippen LogP contribution is 2.34. The zero-order valence-electron chi connectivity index (χ0n) is 15.6. The summed E-state index contributed by atoms with van der Waals surface area (Å²) in [6.45, 7) is 11.8. The molecule has 0 heterocycles. The van der Waals surface area contributed by atoms with Crippen molar-refractivity contribution in [1.29, 1.82) is 0 Å². The minimum absolute atomic E-state index is 0.0452. The second-order valence-corrected chi connectivity index (χ2v) is 7.12. The zero-order valence-corrected chi connectivity index (χ0v) is 15.6. The summed E-state index contributed by atoms with van der Waals surface area (Å²) in [5.74, 6) is 1.64. The van der Waals surface area contributed by atoms with Gasteiger partial charge in [0.25, 0.3) is 0 Å². The summed E-state index contributed by atoms with van der Waals surface area (Å²) in [6.07, 6.45) is 1.78. The van der Waals surface area contributed by atoms with Gasteiger partial charge in [-0.1, -0.05) is 34.6 Å². The third kappa shape index (κ3) is 6.40. The Balaban J connectivity index is 2.66. The van der Waals surface area contributed by atoms with Crippen molar-refractivity contribution in [2.75, 3.05) is 20.3 Å². The Labute approximate surface area is 141 Å². The van der Waals surface area contributed by atoms with Crippen molar-refractivity contribution >= 4 is 0 Å². The zero-order chi connectivity index (χ0) is 17.5. The Morgan fingerprint density at radius 3 is 2.35 bits per heavy atom. The Hall–Kier alpha value is -1.26. The maximum Gasteiger partial charge on any atom is 0.137 e. The topological polar surface area (TPSA) is 55.3 Å². The molecule has 1 rings (SSSR count). The summed E-state index contributed by atoms with van der Waals surface area (Å²) >= 11 is 0. The van der Waals surface area contributed by atoms with Gasteiger partial charge in [0.1, 0.15) is 30.8 Å². The molecule has 0 unspecified atom stereocenters. The van der Waals surface area contributed by atoms with Gasteiger partial charge in [-0.15, -0.1) is 0 Å². The molecule has 1 atom stereocenters. The van der Waals surface area contributed by atoms with Crippen LogP contribution in [-0.4, -0.2) is 37.5 Å². The molecule has 0 saturated carbocycles. The Bertz CT molecular complexity index is 464. The van der Waals surface area contributed by atoms with Gasteiger partial charge < -0.3 is 19.9 Å². The summed E-state index contributed by atoms with van der Waals surface area (Å²) < 4.78 is 11.2. The van der Waals surface area contributed by atoms with Gasteiger partial charge in [-0.05, 0) is 36.5 Å². The van der Waals surface area contributed by atoms with Crippen LogP contribution >= 0.6 is 0 Å². The van der Waals surface area contributed by atoms with E-state index >= 15 is 0 Å². The minimum atomic E-state index is -0.467. The monoisotopic (exact) mass is 324 g/mol. The van der Waals surface area contributed by atoms with E-state index in [-0.39, 0.29) is 5.41 Å². The van der Waals surface area contributed by atoms with E-state index in [0.29, 0.717) is 19.2 Å². The van der Waals surface area contributed by atoms with Crippen molar-refractivity contribution < 1.29 is 19.9 Å². The van der Waals surface area contributed by atoms with Crippen LogP contribution in [0.5, 0.6) is 11.5 Å². The van der Waals surface area contributed by atoms with Gasteiger partial charge in [-0.3, -0.25) is 0 Å². The van der Waals surface area contributed by atoms with Crippen molar-refractivity contribution in [2.45, 2.75) is 65.0 Å². The van der Waals surface area contributed by atoms with E-state index < -0.39 is 6.10 Å². The number of ether oxygens (including phenoxy) is 2. The molecule has 0 aliphatic rings. The van der Waals surface area contributed by atoms with E-state index in [2.05, 4.69) is 39.9 Å². The fourth-order valence-corrected chi connectivity index (χ4v) is 2.57. The number of aliphatic hydroxyl groups excluding tert-OH is 1. The number of hydrogen-bond donors (Lipinski definition) is 2. The predicted octanol–water partition coefficient (Wildman–Crippen LogP) is 2.48. The van der Waals surface area contributed by atoms with Crippen molar-refractivity contribution in [2.24, 2.45) is 0 Å². The van der Waals surface area contributed by atoms with Crippen LogP contribution < -0.4 is 14.8 Å². The largest absolute Gasteiger partial charge is 0.497 e. The molecule has 0 aromatic heterocycles. The van der Waals surface area contributed by atoms with E-state index in [1.165, 1.54) is 0 Å². The Morgan fingerprint density at radius 1 is 1.17 bits per heavy atom. The summed E-state index contributed by atoms with van der Waals surface area (Å²) in [5.41, 5.74) is 1.05. The smallest absolute Gasteiger partial charge is 0.137 e. The summed E-state index contributed by atoms with van der Waals surface area (Å²) in [5, 5.41) is 12.4. The maximum atomic E-state index is 10.2. The van der Waals surface area contributed by atoms with Crippen LogP contribution in [0.25, 0.3) is 0 Å². The fraction of sp³-hybridized carbons (Fsp3) is 0.684. The quantitative estimate of drug-likeness (QED) is 0.734. The van der Waals surface area contributed by atoms with E-state index in [0.717, 1.165) is 29.9 Å². The molecule has 0 bridgehead atoms. The molecular formula is C19H34NO3+. The number of benzene rings is 1. The second kappa shape index (κ2) is 9.14. The van der Waals surface area contributed by atoms with Gasteiger partial charge in [0.2, 0.25) is 0 Å². The number of aliphatic hydroxyl groups is 1. The first kappa shape index (κ1) is 19.8. The SMILES string of the molecule is CCC(CC)[NH2+]C[C@H](O)COc1ccc(OC)cc1C(C)(C)C. The first-order valence-electron chi connectivity index (χ1n) is 8.64. The van der Waals surface area contributed by atoms with Crippen molar-refractivity contribution in [1.82, 2.24) is 0 Å². The summed E-state index contributed by atoms with van der Waals surface area (Å²) in [4.78, 5) is 0. The van der Waals surface area contributed by atoms with Gasteiger partial charge in [0.05, 0.1) is 13.2 Å². The number of quaternary nitrogens is 1. The fourth-order valence-electron chi connectivity index (χ4n) is 2.57. The minimum Gasteiger partial charge on any atom is -0.497 e. The molecule has 0 spiro atoms. The standard InChI is InChI=1S/C19H33NO3/c1-7-14(8-2)20-12-15(21)13-23-18-10-9-16(22-6)11-17(18)19(3,4)5/h9-11,14-15,20-21H,7-8,12-13H2,1-6H3/p+1/t15-/m0/s1. The number of nitrogens with two attached hydrogens (primary N) is 1. The van der Waals surface area contributed by atoms with E-state index in [1.807, 2.05) is 18.2 Å². The number of hydrogen-bond acceptors (Lipinski definition) is 3. The van der Waals surface area contributed by atoms with Crippen LogP contribution in [0.4, 0.5) is 0 Å². The molecule has 1 aromatic carbocycles. The second-order valence-electron chi connectivity index (χ2n) is 7.12. The van der Waals surface area contributed by atoms with E-state index in [9.17, 15) is 5.11 Å². The maximum absolute atomic E-state index is 10.2. The highest BCUT2D eigenvalue weighted by atomic mass is 16.5. The lowest BCUT2D eigenvalue weighted by Crippen LogP contribution is -2.91. The van der Waals surface area contributed by atoms with E-state index in [4.69, 9.17) is 9.47 Å². The molecule has 3 N–H and O–H groups in total. The first-order valence-corrected chi connectivity index (χ1v) is 8.64. The lowest BCUT2D eigenvalue weighted by Gasteiger charge is -2.24. The number of methoxy groups -OCH3 is 1. The Morgan fingerprint density at radius 2 is 1.83 bits per heavy atom. The predicted molar refractivity (Wildman–Crippen MR) is 94.4 cm³/mol. The van der Waals surface area contributed by atoms with Crippen molar-refractivity contribution in [3.05, 3.63) is 23.8 Å². The molecule has 0 fully saturated rings. The summed E-state index contributed by atoms with van der Waals surface area (Å²) in [7, 11) is 1.67. The van der Waals surface area contributed by atoms with Gasteiger partial charge >= 0.3 is 0 Å². The molecule has 1 aromatic rings. The average molecular weight is 324 g/mol. The third-order valence-corrected chi connectivity index (χ3v) is 4.22. The molecule has 0 amide bonds. The molecular weight excluding hydrogens is 290 g/mol. The molecule has 4 heteroatoms. The van der Waals surface area contributed by atoms with Gasteiger partial charge in [-0.25, -0.2) is 0 Å². The molecule has 132 valence electrons. The van der Waals surface area contributed by atoms with Crippen LogP contribution in [-0.2, 0) is 5.41 Å². The molecule has 0 aliphatic heterocycles. The lowest BCUT2D eigenvalue weighted by molar-refractivity contribution is -0.695. The summed E-state index contributed by atoms with van der Waals surface area (Å²) in [6, 6.07) is 6.41. The Kier molecular flexibility index (Phi) is 7.86. The molecule has 0 radical (unpaired) electrons. The average Bonchev–Trinajstić information content (AvgIpc) is 2.52. The highest BCUT2D eigenvalue weighted by Gasteiger charge is 2.21. The third-order valence-electron chi connectivity index (χ3n) is 4.22. The van der Waals surface area contributed by atoms with Crippen molar-refractivity contribution in [3.63, 3.8) is 0 Å². The van der Waals surface area contributed by atoms with Crippen LogP contribution in [0.2, 0.25) is 0 Å². The van der Waals surface area contributed by atoms with Gasteiger partial charge in [0.15, 0.2) is 0 Å². The first-order chi connectivity index (χ1) is 10.8. The molecule has 0 saturated heterocycles.